The Morgan fingerprint density at radius 3 is 2.62 bits per heavy atom. The molecule has 1 spiro atoms. The van der Waals surface area contributed by atoms with E-state index in [0.29, 0.717) is 19.7 Å². The van der Waals surface area contributed by atoms with Gasteiger partial charge < -0.3 is 9.64 Å². The number of nitrogens with zero attached hydrogens (tertiary/aromatic N) is 2. The van der Waals surface area contributed by atoms with Gasteiger partial charge in [0.25, 0.3) is 0 Å². The minimum Gasteiger partial charge on any atom is -0.445 e. The number of ether oxygens (including phenoxy) is 1. The number of rotatable bonds is 3. The third-order valence-corrected chi connectivity index (χ3v) is 4.56. The van der Waals surface area contributed by atoms with Crippen LogP contribution < -0.4 is 5.32 Å². The molecule has 2 heterocycles. The van der Waals surface area contributed by atoms with Crippen molar-refractivity contribution < 1.29 is 9.53 Å². The molecule has 0 aromatic heterocycles. The number of nitroso groups, excluding NO2 is 1. The predicted molar refractivity (Wildman–Crippen MR) is 77.5 cm³/mol. The fourth-order valence-corrected chi connectivity index (χ4v) is 3.03. The molecule has 6 heteroatoms. The van der Waals surface area contributed by atoms with Gasteiger partial charge in [0.15, 0.2) is 0 Å². The average Bonchev–Trinajstić information content (AvgIpc) is 2.53. The zero-order valence-corrected chi connectivity index (χ0v) is 11.8. The van der Waals surface area contributed by atoms with Gasteiger partial charge in [-0.05, 0) is 18.4 Å². The summed E-state index contributed by atoms with van der Waals surface area (Å²) in [6, 6.07) is 9.63. The van der Waals surface area contributed by atoms with E-state index in [2.05, 4.69) is 10.5 Å². The first-order valence-electron chi connectivity index (χ1n) is 7.25. The number of hydrogen-bond acceptors (Lipinski definition) is 5. The molecule has 0 bridgehead atoms. The van der Waals surface area contributed by atoms with E-state index >= 15 is 0 Å². The Bertz CT molecular complexity index is 512. The highest BCUT2D eigenvalue weighted by molar-refractivity contribution is 5.67. The van der Waals surface area contributed by atoms with Crippen LogP contribution in [0, 0.1) is 10.3 Å². The molecule has 1 aromatic carbocycles. The van der Waals surface area contributed by atoms with E-state index in [-0.39, 0.29) is 17.7 Å². The topological polar surface area (TPSA) is 71.0 Å². The van der Waals surface area contributed by atoms with Crippen molar-refractivity contribution in [2.24, 2.45) is 10.6 Å². The lowest BCUT2D eigenvalue weighted by Crippen LogP contribution is -2.65. The SMILES string of the molecule is O=NC1NCC12CCN(C(=O)OCc1ccccc1)CC2. The van der Waals surface area contributed by atoms with Crippen molar-refractivity contribution >= 4 is 6.09 Å². The van der Waals surface area contributed by atoms with Crippen LogP contribution in [-0.4, -0.2) is 36.8 Å². The van der Waals surface area contributed by atoms with Crippen LogP contribution in [0.25, 0.3) is 0 Å². The Morgan fingerprint density at radius 2 is 2.05 bits per heavy atom. The molecule has 1 N–H and O–H groups in total. The Labute approximate surface area is 123 Å². The van der Waals surface area contributed by atoms with Gasteiger partial charge in [0.05, 0.1) is 0 Å². The molecule has 6 nitrogen and oxygen atoms in total. The molecule has 2 fully saturated rings. The van der Waals surface area contributed by atoms with Crippen molar-refractivity contribution in [1.82, 2.24) is 10.2 Å². The second-order valence-electron chi connectivity index (χ2n) is 5.78. The summed E-state index contributed by atoms with van der Waals surface area (Å²) in [5.41, 5.74) is 0.936. The number of carbonyl (C=O) groups is 1. The Kier molecular flexibility index (Phi) is 3.88. The fraction of sp³-hybridized carbons (Fsp3) is 0.533. The standard InChI is InChI=1S/C15H19N3O3/c19-14(21-10-12-4-2-1-3-5-12)18-8-6-15(7-9-18)11-16-13(15)17-20/h1-5,13,16H,6-11H2. The second-order valence-corrected chi connectivity index (χ2v) is 5.78. The quantitative estimate of drug-likeness (QED) is 0.865. The maximum absolute atomic E-state index is 12.0. The van der Waals surface area contributed by atoms with Gasteiger partial charge in [-0.15, -0.1) is 4.91 Å². The van der Waals surface area contributed by atoms with E-state index in [9.17, 15) is 9.70 Å². The van der Waals surface area contributed by atoms with Crippen LogP contribution in [0.3, 0.4) is 0 Å². The highest BCUT2D eigenvalue weighted by Crippen LogP contribution is 2.40. The molecule has 1 unspecified atom stereocenters. The van der Waals surface area contributed by atoms with Crippen LogP contribution in [0.15, 0.2) is 35.5 Å². The minimum atomic E-state index is -0.292. The molecule has 2 aliphatic heterocycles. The molecule has 3 rings (SSSR count). The molecule has 0 aliphatic carbocycles. The summed E-state index contributed by atoms with van der Waals surface area (Å²) in [6.07, 6.45) is 1.03. The number of amides is 1. The third kappa shape index (κ3) is 2.76. The van der Waals surface area contributed by atoms with E-state index in [1.165, 1.54) is 0 Å². The largest absolute Gasteiger partial charge is 0.445 e. The zero-order valence-electron chi connectivity index (χ0n) is 11.8. The monoisotopic (exact) mass is 289 g/mol. The van der Waals surface area contributed by atoms with Crippen molar-refractivity contribution in [3.8, 4) is 0 Å². The lowest BCUT2D eigenvalue weighted by Gasteiger charge is -2.50. The number of hydrogen-bond donors (Lipinski definition) is 1. The molecule has 21 heavy (non-hydrogen) atoms. The molecule has 1 amide bonds. The highest BCUT2D eigenvalue weighted by Gasteiger charge is 2.50. The van der Waals surface area contributed by atoms with Gasteiger partial charge in [-0.2, -0.15) is 0 Å². The van der Waals surface area contributed by atoms with Gasteiger partial charge in [0.1, 0.15) is 12.8 Å². The predicted octanol–water partition coefficient (Wildman–Crippen LogP) is 2.10. The van der Waals surface area contributed by atoms with Crippen molar-refractivity contribution in [3.05, 3.63) is 40.8 Å². The maximum Gasteiger partial charge on any atom is 0.410 e. The first kappa shape index (κ1) is 14.0. The lowest BCUT2D eigenvalue weighted by molar-refractivity contribution is 0.00380. The minimum absolute atomic E-state index is 0.0437. The van der Waals surface area contributed by atoms with E-state index < -0.39 is 0 Å². The van der Waals surface area contributed by atoms with E-state index in [1.807, 2.05) is 30.3 Å². The smallest absolute Gasteiger partial charge is 0.410 e. The third-order valence-electron chi connectivity index (χ3n) is 4.56. The molecule has 2 aliphatic rings. The van der Waals surface area contributed by atoms with Crippen molar-refractivity contribution in [2.45, 2.75) is 25.6 Å². The van der Waals surface area contributed by atoms with E-state index in [4.69, 9.17) is 4.74 Å². The van der Waals surface area contributed by atoms with Crippen LogP contribution in [-0.2, 0) is 11.3 Å². The molecule has 0 radical (unpaired) electrons. The lowest BCUT2D eigenvalue weighted by atomic mass is 9.70. The van der Waals surface area contributed by atoms with Gasteiger partial charge in [-0.1, -0.05) is 35.5 Å². The van der Waals surface area contributed by atoms with Gasteiger partial charge in [0, 0.05) is 25.0 Å². The molecule has 1 atom stereocenters. The number of benzene rings is 1. The van der Waals surface area contributed by atoms with Crippen molar-refractivity contribution in [2.75, 3.05) is 19.6 Å². The second kappa shape index (κ2) is 5.81. The molecule has 112 valence electrons. The summed E-state index contributed by atoms with van der Waals surface area (Å²) in [7, 11) is 0. The Hall–Kier alpha value is -1.95. The average molecular weight is 289 g/mol. The van der Waals surface area contributed by atoms with Gasteiger partial charge in [-0.25, -0.2) is 4.79 Å². The first-order chi connectivity index (χ1) is 10.2. The van der Waals surface area contributed by atoms with Crippen LogP contribution in [0.2, 0.25) is 0 Å². The Balaban J connectivity index is 1.48. The molecule has 0 saturated carbocycles. The van der Waals surface area contributed by atoms with Crippen LogP contribution in [0.5, 0.6) is 0 Å². The van der Waals surface area contributed by atoms with Gasteiger partial charge in [-0.3, -0.25) is 5.32 Å². The number of likely N-dealkylation sites (tertiary alicyclic amines) is 1. The first-order valence-corrected chi connectivity index (χ1v) is 7.25. The van der Waals surface area contributed by atoms with Crippen LogP contribution in [0.4, 0.5) is 4.79 Å². The zero-order chi connectivity index (χ0) is 14.7. The maximum atomic E-state index is 12.0. The summed E-state index contributed by atoms with van der Waals surface area (Å²) in [4.78, 5) is 24.5. The van der Waals surface area contributed by atoms with Gasteiger partial charge in [0.2, 0.25) is 0 Å². The summed E-state index contributed by atoms with van der Waals surface area (Å²) >= 11 is 0. The summed E-state index contributed by atoms with van der Waals surface area (Å²) in [6.45, 7) is 2.36. The summed E-state index contributed by atoms with van der Waals surface area (Å²) in [5.74, 6) is 0. The van der Waals surface area contributed by atoms with Crippen molar-refractivity contribution in [1.29, 1.82) is 0 Å². The number of nitrogens with one attached hydrogen (secondary N) is 1. The number of piperidine rings is 1. The number of carbonyl (C=O) groups excluding carboxylic acids is 1. The molecular formula is C15H19N3O3. The van der Waals surface area contributed by atoms with Crippen LogP contribution >= 0.6 is 0 Å². The summed E-state index contributed by atoms with van der Waals surface area (Å²) in [5, 5.41) is 6.15. The molecular weight excluding hydrogens is 270 g/mol. The fourth-order valence-electron chi connectivity index (χ4n) is 3.03. The summed E-state index contributed by atoms with van der Waals surface area (Å²) < 4.78 is 5.33. The van der Waals surface area contributed by atoms with Crippen molar-refractivity contribution in [3.63, 3.8) is 0 Å². The van der Waals surface area contributed by atoms with E-state index in [0.717, 1.165) is 24.9 Å². The Morgan fingerprint density at radius 1 is 1.33 bits per heavy atom. The molecule has 1 aromatic rings. The highest BCUT2D eigenvalue weighted by atomic mass is 16.6. The van der Waals surface area contributed by atoms with Crippen LogP contribution in [0.1, 0.15) is 18.4 Å². The van der Waals surface area contributed by atoms with Gasteiger partial charge >= 0.3 is 6.09 Å². The normalized spacial score (nSPS) is 23.4. The van der Waals surface area contributed by atoms with E-state index in [1.54, 1.807) is 4.90 Å². The molecule has 2 saturated heterocycles.